The number of nitrogens with two attached hydrogens (primary N) is 1. The molecule has 0 unspecified atom stereocenters. The fraction of sp³-hybridized carbons (Fsp3) is 0.0952. The highest BCUT2D eigenvalue weighted by Gasteiger charge is 2.14. The zero-order valence-corrected chi connectivity index (χ0v) is 15.0. The molecule has 4 aromatic rings. The third-order valence-corrected chi connectivity index (χ3v) is 4.38. The second kappa shape index (κ2) is 6.92. The molecule has 0 atom stereocenters. The predicted octanol–water partition coefficient (Wildman–Crippen LogP) is 3.96. The Balaban J connectivity index is 2.00. The van der Waals surface area contributed by atoms with Crippen molar-refractivity contribution in [2.45, 2.75) is 0 Å². The van der Waals surface area contributed by atoms with Crippen molar-refractivity contribution >= 4 is 16.9 Å². The summed E-state index contributed by atoms with van der Waals surface area (Å²) in [6.07, 6.45) is 1.43. The number of hydrogen-bond acceptors (Lipinski definition) is 6. The molecule has 27 heavy (non-hydrogen) atoms. The van der Waals surface area contributed by atoms with Crippen molar-refractivity contribution < 1.29 is 9.47 Å². The molecule has 0 aliphatic heterocycles. The summed E-state index contributed by atoms with van der Waals surface area (Å²) in [5, 5.41) is 0.720. The van der Waals surface area contributed by atoms with E-state index in [9.17, 15) is 0 Å². The van der Waals surface area contributed by atoms with Gasteiger partial charge in [-0.3, -0.25) is 0 Å². The van der Waals surface area contributed by atoms with E-state index in [1.807, 2.05) is 54.6 Å². The van der Waals surface area contributed by atoms with E-state index in [0.29, 0.717) is 11.5 Å². The standard InChI is InChI=1S/C21H18N4O2/c1-26-15-7-3-5-13(9-15)17-11-18(14-6-4-8-16(10-14)27-2)25-21-19(17)20(22)23-12-24-21/h3-12H,1-2H3,(H2,22,23,24,25). The Labute approximate surface area is 156 Å². The predicted molar refractivity (Wildman–Crippen MR) is 106 cm³/mol. The van der Waals surface area contributed by atoms with Crippen molar-refractivity contribution in [3.63, 3.8) is 0 Å². The summed E-state index contributed by atoms with van der Waals surface area (Å²) in [5.74, 6) is 1.91. The second-order valence-corrected chi connectivity index (χ2v) is 5.98. The van der Waals surface area contributed by atoms with Crippen molar-refractivity contribution in [3.05, 3.63) is 60.9 Å². The minimum atomic E-state index is 0.391. The van der Waals surface area contributed by atoms with E-state index in [2.05, 4.69) is 9.97 Å². The van der Waals surface area contributed by atoms with E-state index in [4.69, 9.17) is 20.2 Å². The Bertz CT molecular complexity index is 1130. The first kappa shape index (κ1) is 16.8. The van der Waals surface area contributed by atoms with Gasteiger partial charge in [0.25, 0.3) is 0 Å². The molecule has 0 aliphatic rings. The largest absolute Gasteiger partial charge is 0.497 e. The van der Waals surface area contributed by atoms with Crippen molar-refractivity contribution in [1.82, 2.24) is 15.0 Å². The number of fused-ring (bicyclic) bond motifs is 1. The van der Waals surface area contributed by atoms with Crippen LogP contribution >= 0.6 is 0 Å². The average molecular weight is 358 g/mol. The van der Waals surface area contributed by atoms with Crippen LogP contribution in [0.2, 0.25) is 0 Å². The average Bonchev–Trinajstić information content (AvgIpc) is 2.73. The molecule has 134 valence electrons. The summed E-state index contributed by atoms with van der Waals surface area (Å²) >= 11 is 0. The number of nitrogen functional groups attached to an aromatic ring is 1. The van der Waals surface area contributed by atoms with Crippen LogP contribution in [-0.2, 0) is 0 Å². The van der Waals surface area contributed by atoms with Gasteiger partial charge < -0.3 is 15.2 Å². The van der Waals surface area contributed by atoms with Crippen molar-refractivity contribution in [2.24, 2.45) is 0 Å². The molecule has 6 nitrogen and oxygen atoms in total. The molecule has 0 saturated heterocycles. The van der Waals surface area contributed by atoms with Crippen molar-refractivity contribution in [3.8, 4) is 33.9 Å². The molecule has 2 aromatic heterocycles. The van der Waals surface area contributed by atoms with Gasteiger partial charge in [0.05, 0.1) is 25.3 Å². The van der Waals surface area contributed by atoms with Gasteiger partial charge in [0.15, 0.2) is 5.65 Å². The van der Waals surface area contributed by atoms with E-state index in [1.165, 1.54) is 6.33 Å². The third kappa shape index (κ3) is 3.13. The molecule has 2 N–H and O–H groups in total. The highest BCUT2D eigenvalue weighted by molar-refractivity contribution is 6.01. The molecular formula is C21H18N4O2. The lowest BCUT2D eigenvalue weighted by atomic mass is 9.99. The van der Waals surface area contributed by atoms with Gasteiger partial charge in [-0.25, -0.2) is 15.0 Å². The van der Waals surface area contributed by atoms with Crippen LogP contribution < -0.4 is 15.2 Å². The van der Waals surface area contributed by atoms with E-state index in [1.54, 1.807) is 14.2 Å². The Morgan fingerprint density at radius 2 is 1.48 bits per heavy atom. The summed E-state index contributed by atoms with van der Waals surface area (Å²) < 4.78 is 10.7. The van der Waals surface area contributed by atoms with Crippen LogP contribution in [0.4, 0.5) is 5.82 Å². The molecule has 6 heteroatoms. The van der Waals surface area contributed by atoms with Gasteiger partial charge in [0.2, 0.25) is 0 Å². The van der Waals surface area contributed by atoms with Gasteiger partial charge in [-0.1, -0.05) is 24.3 Å². The van der Waals surface area contributed by atoms with Gasteiger partial charge in [-0.15, -0.1) is 0 Å². The van der Waals surface area contributed by atoms with Crippen LogP contribution in [-0.4, -0.2) is 29.2 Å². The summed E-state index contributed by atoms with van der Waals surface area (Å²) in [5.41, 5.74) is 10.3. The number of methoxy groups -OCH3 is 2. The number of hydrogen-bond donors (Lipinski definition) is 1. The van der Waals surface area contributed by atoms with Gasteiger partial charge in [-0.2, -0.15) is 0 Å². The second-order valence-electron chi connectivity index (χ2n) is 5.98. The maximum atomic E-state index is 6.16. The van der Waals surface area contributed by atoms with Crippen LogP contribution in [0.1, 0.15) is 0 Å². The first-order chi connectivity index (χ1) is 13.2. The Kier molecular flexibility index (Phi) is 4.30. The molecule has 2 aromatic carbocycles. The lowest BCUT2D eigenvalue weighted by Crippen LogP contribution is -1.99. The minimum Gasteiger partial charge on any atom is -0.497 e. The molecule has 0 bridgehead atoms. The van der Waals surface area contributed by atoms with Gasteiger partial charge in [0.1, 0.15) is 23.6 Å². The number of anilines is 1. The van der Waals surface area contributed by atoms with Crippen molar-refractivity contribution in [1.29, 1.82) is 0 Å². The topological polar surface area (TPSA) is 83.2 Å². The Morgan fingerprint density at radius 3 is 2.19 bits per heavy atom. The fourth-order valence-corrected chi connectivity index (χ4v) is 3.04. The smallest absolute Gasteiger partial charge is 0.165 e. The quantitative estimate of drug-likeness (QED) is 0.594. The Morgan fingerprint density at radius 1 is 0.815 bits per heavy atom. The molecule has 2 heterocycles. The maximum absolute atomic E-state index is 6.16. The minimum absolute atomic E-state index is 0.391. The molecular weight excluding hydrogens is 340 g/mol. The maximum Gasteiger partial charge on any atom is 0.165 e. The molecule has 0 radical (unpaired) electrons. The van der Waals surface area contributed by atoms with Gasteiger partial charge in [-0.05, 0) is 41.5 Å². The van der Waals surface area contributed by atoms with E-state index in [-0.39, 0.29) is 0 Å². The fourth-order valence-electron chi connectivity index (χ4n) is 3.04. The number of ether oxygens (including phenoxy) is 2. The van der Waals surface area contributed by atoms with Gasteiger partial charge in [0, 0.05) is 5.56 Å². The molecule has 4 rings (SSSR count). The molecule has 0 fully saturated rings. The first-order valence-electron chi connectivity index (χ1n) is 8.39. The zero-order valence-electron chi connectivity index (χ0n) is 15.0. The van der Waals surface area contributed by atoms with Crippen LogP contribution in [0.5, 0.6) is 11.5 Å². The number of aromatic nitrogens is 3. The number of rotatable bonds is 4. The number of benzene rings is 2. The van der Waals surface area contributed by atoms with Gasteiger partial charge >= 0.3 is 0 Å². The monoisotopic (exact) mass is 358 g/mol. The highest BCUT2D eigenvalue weighted by Crippen LogP contribution is 2.35. The number of pyridine rings is 1. The first-order valence-corrected chi connectivity index (χ1v) is 8.39. The van der Waals surface area contributed by atoms with E-state index >= 15 is 0 Å². The van der Waals surface area contributed by atoms with E-state index < -0.39 is 0 Å². The van der Waals surface area contributed by atoms with Crippen LogP contribution in [0.15, 0.2) is 60.9 Å². The molecule has 0 spiro atoms. The lowest BCUT2D eigenvalue weighted by molar-refractivity contribution is 0.415. The molecule has 0 saturated carbocycles. The van der Waals surface area contributed by atoms with Crippen LogP contribution in [0.25, 0.3) is 33.4 Å². The van der Waals surface area contributed by atoms with E-state index in [0.717, 1.165) is 39.3 Å². The normalized spacial score (nSPS) is 10.7. The van der Waals surface area contributed by atoms with Crippen LogP contribution in [0.3, 0.4) is 0 Å². The summed E-state index contributed by atoms with van der Waals surface area (Å²) in [6, 6.07) is 17.5. The number of nitrogens with zero attached hydrogens (tertiary/aromatic N) is 3. The highest BCUT2D eigenvalue weighted by atomic mass is 16.5. The van der Waals surface area contributed by atoms with Crippen LogP contribution in [0, 0.1) is 0 Å². The SMILES string of the molecule is COc1cccc(-c2cc(-c3cccc(OC)c3)c3c(N)ncnc3n2)c1. The lowest BCUT2D eigenvalue weighted by Gasteiger charge is -2.12. The summed E-state index contributed by atoms with van der Waals surface area (Å²) in [4.78, 5) is 13.2. The third-order valence-electron chi connectivity index (χ3n) is 4.38. The van der Waals surface area contributed by atoms with Crippen molar-refractivity contribution in [2.75, 3.05) is 20.0 Å². The zero-order chi connectivity index (χ0) is 18.8. The summed E-state index contributed by atoms with van der Waals surface area (Å²) in [7, 11) is 3.28. The summed E-state index contributed by atoms with van der Waals surface area (Å²) in [6.45, 7) is 0. The molecule has 0 amide bonds. The molecule has 0 aliphatic carbocycles. The Hall–Kier alpha value is -3.67.